The van der Waals surface area contributed by atoms with Crippen molar-refractivity contribution in [2.75, 3.05) is 19.8 Å². The number of pyridine rings is 1. The number of hydrogen-bond acceptors (Lipinski definition) is 5. The van der Waals surface area contributed by atoms with Crippen LogP contribution in [0, 0.1) is 0 Å². The van der Waals surface area contributed by atoms with Gasteiger partial charge in [0, 0.05) is 25.9 Å². The van der Waals surface area contributed by atoms with Crippen LogP contribution < -0.4 is 11.1 Å². The van der Waals surface area contributed by atoms with Crippen LogP contribution in [0.5, 0.6) is 0 Å². The van der Waals surface area contributed by atoms with Crippen molar-refractivity contribution >= 4 is 5.84 Å². The predicted molar refractivity (Wildman–Crippen MR) is 74.2 cm³/mol. The van der Waals surface area contributed by atoms with Crippen molar-refractivity contribution < 1.29 is 9.94 Å². The Balaban J connectivity index is 2.33. The predicted octanol–water partition coefficient (Wildman–Crippen LogP) is 1.08. The Morgan fingerprint density at radius 3 is 3.11 bits per heavy atom. The van der Waals surface area contributed by atoms with Gasteiger partial charge in [-0.15, -0.1) is 0 Å². The summed E-state index contributed by atoms with van der Waals surface area (Å²) in [5.41, 5.74) is 6.96. The number of aromatic nitrogens is 1. The van der Waals surface area contributed by atoms with E-state index in [1.54, 1.807) is 6.20 Å². The zero-order valence-electron chi connectivity index (χ0n) is 11.3. The summed E-state index contributed by atoms with van der Waals surface area (Å²) in [4.78, 5) is 4.10. The summed E-state index contributed by atoms with van der Waals surface area (Å²) in [6, 6.07) is 3.72. The number of amidine groups is 1. The lowest BCUT2D eigenvalue weighted by Crippen LogP contribution is -2.23. The van der Waals surface area contributed by atoms with Crippen LogP contribution >= 0.6 is 0 Å². The van der Waals surface area contributed by atoms with Crippen LogP contribution in [-0.2, 0) is 11.3 Å². The molecule has 0 aromatic carbocycles. The molecule has 1 aromatic heterocycles. The number of rotatable bonds is 9. The van der Waals surface area contributed by atoms with Crippen LogP contribution in [0.25, 0.3) is 0 Å². The van der Waals surface area contributed by atoms with Gasteiger partial charge in [0.15, 0.2) is 5.84 Å². The van der Waals surface area contributed by atoms with E-state index in [1.807, 2.05) is 12.1 Å². The molecule has 6 nitrogen and oxygen atoms in total. The quantitative estimate of drug-likeness (QED) is 0.204. The van der Waals surface area contributed by atoms with E-state index in [0.717, 1.165) is 31.6 Å². The van der Waals surface area contributed by atoms with Crippen molar-refractivity contribution in [1.82, 2.24) is 10.3 Å². The third kappa shape index (κ3) is 5.67. The molecule has 0 aliphatic heterocycles. The van der Waals surface area contributed by atoms with E-state index in [0.29, 0.717) is 18.8 Å². The fourth-order valence-corrected chi connectivity index (χ4v) is 1.58. The van der Waals surface area contributed by atoms with Gasteiger partial charge in [-0.25, -0.2) is 0 Å². The number of unbranched alkanes of at least 4 members (excludes halogenated alkanes) is 1. The minimum absolute atomic E-state index is 0.0246. The lowest BCUT2D eigenvalue weighted by Gasteiger charge is -2.09. The molecule has 4 N–H and O–H groups in total. The SMILES string of the molecule is CCCCOCCNCc1cccnc1C(N)=NO. The summed E-state index contributed by atoms with van der Waals surface area (Å²) in [6.07, 6.45) is 3.85. The molecule has 0 radical (unpaired) electrons. The molecule has 1 heterocycles. The Morgan fingerprint density at radius 1 is 1.53 bits per heavy atom. The number of hydrogen-bond donors (Lipinski definition) is 3. The number of ether oxygens (including phenoxy) is 1. The first-order valence-electron chi connectivity index (χ1n) is 6.49. The Bertz CT molecular complexity index is 396. The third-order valence-electron chi connectivity index (χ3n) is 2.62. The zero-order chi connectivity index (χ0) is 13.9. The number of nitrogens with zero attached hydrogens (tertiary/aromatic N) is 2. The molecule has 0 atom stereocenters. The van der Waals surface area contributed by atoms with Crippen molar-refractivity contribution in [3.05, 3.63) is 29.6 Å². The van der Waals surface area contributed by atoms with Gasteiger partial charge < -0.3 is 21.0 Å². The zero-order valence-corrected chi connectivity index (χ0v) is 11.3. The minimum atomic E-state index is 0.0246. The molecule has 6 heteroatoms. The second kappa shape index (κ2) is 9.29. The highest BCUT2D eigenvalue weighted by molar-refractivity contribution is 5.96. The largest absolute Gasteiger partial charge is 0.409 e. The molecule has 0 bridgehead atoms. The maximum atomic E-state index is 8.69. The summed E-state index contributed by atoms with van der Waals surface area (Å²) in [7, 11) is 0. The van der Waals surface area contributed by atoms with Gasteiger partial charge in [0.25, 0.3) is 0 Å². The first-order chi connectivity index (χ1) is 9.29. The lowest BCUT2D eigenvalue weighted by molar-refractivity contribution is 0.133. The Morgan fingerprint density at radius 2 is 2.37 bits per heavy atom. The fourth-order valence-electron chi connectivity index (χ4n) is 1.58. The Kier molecular flexibility index (Phi) is 7.53. The molecule has 106 valence electrons. The van der Waals surface area contributed by atoms with Crippen LogP contribution in [-0.4, -0.2) is 35.8 Å². The summed E-state index contributed by atoms with van der Waals surface area (Å²) in [6.45, 7) is 4.99. The summed E-state index contributed by atoms with van der Waals surface area (Å²) in [5, 5.41) is 14.9. The third-order valence-corrected chi connectivity index (χ3v) is 2.62. The second-order valence-corrected chi connectivity index (χ2v) is 4.14. The van der Waals surface area contributed by atoms with E-state index in [-0.39, 0.29) is 5.84 Å². The van der Waals surface area contributed by atoms with Crippen LogP contribution in [0.2, 0.25) is 0 Å². The highest BCUT2D eigenvalue weighted by Crippen LogP contribution is 2.04. The molecule has 0 unspecified atom stereocenters. The van der Waals surface area contributed by atoms with Gasteiger partial charge in [0.05, 0.1) is 6.61 Å². The van der Waals surface area contributed by atoms with Crippen molar-refractivity contribution in [3.63, 3.8) is 0 Å². The molecule has 0 aliphatic rings. The molecule has 1 rings (SSSR count). The molecular formula is C13H22N4O2. The smallest absolute Gasteiger partial charge is 0.189 e. The number of oxime groups is 1. The Labute approximate surface area is 113 Å². The topological polar surface area (TPSA) is 92.8 Å². The molecule has 0 spiro atoms. The highest BCUT2D eigenvalue weighted by atomic mass is 16.5. The summed E-state index contributed by atoms with van der Waals surface area (Å²) in [5.74, 6) is 0.0246. The van der Waals surface area contributed by atoms with E-state index in [2.05, 4.69) is 22.4 Å². The monoisotopic (exact) mass is 266 g/mol. The highest BCUT2D eigenvalue weighted by Gasteiger charge is 2.07. The minimum Gasteiger partial charge on any atom is -0.409 e. The summed E-state index contributed by atoms with van der Waals surface area (Å²) < 4.78 is 5.44. The van der Waals surface area contributed by atoms with Gasteiger partial charge in [-0.1, -0.05) is 24.6 Å². The molecule has 0 aliphatic carbocycles. The normalized spacial score (nSPS) is 11.7. The van der Waals surface area contributed by atoms with E-state index >= 15 is 0 Å². The van der Waals surface area contributed by atoms with Crippen LogP contribution in [0.15, 0.2) is 23.5 Å². The van der Waals surface area contributed by atoms with Crippen LogP contribution in [0.1, 0.15) is 31.0 Å². The molecular weight excluding hydrogens is 244 g/mol. The van der Waals surface area contributed by atoms with Crippen LogP contribution in [0.4, 0.5) is 0 Å². The van der Waals surface area contributed by atoms with Gasteiger partial charge in [0.1, 0.15) is 5.69 Å². The Hall–Kier alpha value is -1.66. The van der Waals surface area contributed by atoms with Crippen molar-refractivity contribution in [2.24, 2.45) is 10.9 Å². The number of nitrogens with one attached hydrogen (secondary N) is 1. The van der Waals surface area contributed by atoms with E-state index in [1.165, 1.54) is 0 Å². The fraction of sp³-hybridized carbons (Fsp3) is 0.538. The number of nitrogens with two attached hydrogens (primary N) is 1. The van der Waals surface area contributed by atoms with E-state index in [4.69, 9.17) is 15.7 Å². The molecule has 0 amide bonds. The maximum Gasteiger partial charge on any atom is 0.189 e. The summed E-state index contributed by atoms with van der Waals surface area (Å²) >= 11 is 0. The molecule has 1 aromatic rings. The molecule has 0 fully saturated rings. The van der Waals surface area contributed by atoms with Gasteiger partial charge in [-0.2, -0.15) is 0 Å². The molecule has 0 saturated carbocycles. The first-order valence-corrected chi connectivity index (χ1v) is 6.49. The van der Waals surface area contributed by atoms with Gasteiger partial charge >= 0.3 is 0 Å². The van der Waals surface area contributed by atoms with Gasteiger partial charge in [0.2, 0.25) is 0 Å². The lowest BCUT2D eigenvalue weighted by atomic mass is 10.2. The first kappa shape index (κ1) is 15.4. The molecule has 0 saturated heterocycles. The second-order valence-electron chi connectivity index (χ2n) is 4.14. The molecule has 19 heavy (non-hydrogen) atoms. The van der Waals surface area contributed by atoms with Crippen molar-refractivity contribution in [3.8, 4) is 0 Å². The van der Waals surface area contributed by atoms with E-state index in [9.17, 15) is 0 Å². The average Bonchev–Trinajstić information content (AvgIpc) is 2.46. The maximum absolute atomic E-state index is 8.69. The van der Waals surface area contributed by atoms with Crippen molar-refractivity contribution in [2.45, 2.75) is 26.3 Å². The average molecular weight is 266 g/mol. The van der Waals surface area contributed by atoms with Gasteiger partial charge in [-0.3, -0.25) is 4.98 Å². The standard InChI is InChI=1S/C13H22N4O2/c1-2-3-8-19-9-7-15-10-11-5-4-6-16-12(11)13(14)17-18/h4-6,15,18H,2-3,7-10H2,1H3,(H2,14,17). The van der Waals surface area contributed by atoms with Gasteiger partial charge in [-0.05, 0) is 18.1 Å². The van der Waals surface area contributed by atoms with Crippen LogP contribution in [0.3, 0.4) is 0 Å². The van der Waals surface area contributed by atoms with E-state index < -0.39 is 0 Å². The van der Waals surface area contributed by atoms with Crippen molar-refractivity contribution in [1.29, 1.82) is 0 Å².